The minimum absolute atomic E-state index is 0.622. The van der Waals surface area contributed by atoms with Gasteiger partial charge in [0.1, 0.15) is 0 Å². The van der Waals surface area contributed by atoms with Crippen molar-refractivity contribution in [3.05, 3.63) is 35.9 Å². The summed E-state index contributed by atoms with van der Waals surface area (Å²) in [6.07, 6.45) is 6.41. The first-order chi connectivity index (χ1) is 8.31. The first kappa shape index (κ1) is 14.2. The molecule has 17 heavy (non-hydrogen) atoms. The summed E-state index contributed by atoms with van der Waals surface area (Å²) in [5.41, 5.74) is 1.45. The van der Waals surface area contributed by atoms with Gasteiger partial charge in [0.25, 0.3) is 0 Å². The third-order valence-electron chi connectivity index (χ3n) is 3.56. The lowest BCUT2D eigenvalue weighted by Gasteiger charge is -2.26. The van der Waals surface area contributed by atoms with Crippen molar-refractivity contribution in [2.45, 2.75) is 52.0 Å². The lowest BCUT2D eigenvalue weighted by molar-refractivity contribution is 0.323. The summed E-state index contributed by atoms with van der Waals surface area (Å²) in [6, 6.07) is 11.5. The molecule has 1 atom stereocenters. The predicted molar refractivity (Wildman–Crippen MR) is 76.3 cm³/mol. The molecule has 0 saturated carbocycles. The van der Waals surface area contributed by atoms with Crippen LogP contribution in [0, 0.1) is 5.92 Å². The number of nitrogens with one attached hydrogen (secondary N) is 1. The topological polar surface area (TPSA) is 12.0 Å². The largest absolute Gasteiger partial charge is 0.316 e. The number of likely N-dealkylation sites (N-methyl/N-ethyl adjacent to an activating group) is 1. The van der Waals surface area contributed by atoms with E-state index in [0.29, 0.717) is 6.04 Å². The molecule has 0 bridgehead atoms. The van der Waals surface area contributed by atoms with Crippen molar-refractivity contribution in [2.24, 2.45) is 5.92 Å². The molecule has 0 fully saturated rings. The van der Waals surface area contributed by atoms with E-state index in [9.17, 15) is 0 Å². The molecular weight excluding hydrogens is 206 g/mol. The van der Waals surface area contributed by atoms with Gasteiger partial charge in [0, 0.05) is 6.04 Å². The van der Waals surface area contributed by atoms with Crippen molar-refractivity contribution in [1.29, 1.82) is 0 Å². The highest BCUT2D eigenvalue weighted by Crippen LogP contribution is 2.20. The van der Waals surface area contributed by atoms with E-state index in [1.165, 1.54) is 31.2 Å². The number of benzene rings is 1. The van der Waals surface area contributed by atoms with Crippen molar-refractivity contribution in [3.63, 3.8) is 0 Å². The zero-order valence-electron chi connectivity index (χ0n) is 11.6. The Kier molecular flexibility index (Phi) is 6.95. The van der Waals surface area contributed by atoms with Gasteiger partial charge in [-0.3, -0.25) is 0 Å². The summed E-state index contributed by atoms with van der Waals surface area (Å²) in [5, 5.41) is 3.52. The monoisotopic (exact) mass is 233 g/mol. The molecule has 96 valence electrons. The average Bonchev–Trinajstić information content (AvgIpc) is 2.37. The van der Waals surface area contributed by atoms with Gasteiger partial charge in [-0.1, -0.05) is 57.0 Å². The normalized spacial score (nSPS) is 12.9. The molecule has 0 aromatic heterocycles. The van der Waals surface area contributed by atoms with Crippen LogP contribution in [0.1, 0.15) is 45.1 Å². The zero-order valence-corrected chi connectivity index (χ0v) is 11.6. The third kappa shape index (κ3) is 4.91. The molecule has 1 aromatic rings. The van der Waals surface area contributed by atoms with Gasteiger partial charge in [-0.25, -0.2) is 0 Å². The smallest absolute Gasteiger partial charge is 0.0133 e. The molecule has 1 unspecified atom stereocenters. The summed E-state index contributed by atoms with van der Waals surface area (Å²) in [7, 11) is 2.10. The van der Waals surface area contributed by atoms with E-state index in [0.717, 1.165) is 12.3 Å². The van der Waals surface area contributed by atoms with Crippen LogP contribution in [0.4, 0.5) is 0 Å². The Hall–Kier alpha value is -0.820. The molecule has 0 radical (unpaired) electrons. The number of hydrogen-bond donors (Lipinski definition) is 1. The number of hydrogen-bond acceptors (Lipinski definition) is 1. The fraction of sp³-hybridized carbons (Fsp3) is 0.625. The van der Waals surface area contributed by atoms with Crippen LogP contribution in [0.15, 0.2) is 30.3 Å². The molecule has 1 nitrogen and oxygen atoms in total. The van der Waals surface area contributed by atoms with E-state index in [1.807, 2.05) is 0 Å². The SMILES string of the molecule is CCCC(CCC)C(Cc1ccccc1)NC. The Balaban J connectivity index is 2.61. The van der Waals surface area contributed by atoms with Crippen LogP contribution in [0.3, 0.4) is 0 Å². The van der Waals surface area contributed by atoms with E-state index in [4.69, 9.17) is 0 Å². The van der Waals surface area contributed by atoms with Crippen LogP contribution in [-0.2, 0) is 6.42 Å². The van der Waals surface area contributed by atoms with Gasteiger partial charge in [0.2, 0.25) is 0 Å². The zero-order chi connectivity index (χ0) is 12.5. The molecular formula is C16H27N. The van der Waals surface area contributed by atoms with Crippen LogP contribution in [0.2, 0.25) is 0 Å². The Morgan fingerprint density at radius 1 is 1.00 bits per heavy atom. The second-order valence-electron chi connectivity index (χ2n) is 4.92. The van der Waals surface area contributed by atoms with Gasteiger partial charge in [-0.15, -0.1) is 0 Å². The summed E-state index contributed by atoms with van der Waals surface area (Å²) in [5.74, 6) is 0.815. The van der Waals surface area contributed by atoms with E-state index in [2.05, 4.69) is 56.5 Å². The van der Waals surface area contributed by atoms with Crippen molar-refractivity contribution in [1.82, 2.24) is 5.32 Å². The summed E-state index contributed by atoms with van der Waals surface area (Å²) in [4.78, 5) is 0. The lowest BCUT2D eigenvalue weighted by atomic mass is 9.87. The van der Waals surface area contributed by atoms with Gasteiger partial charge in [-0.2, -0.15) is 0 Å². The second kappa shape index (κ2) is 8.30. The molecule has 1 N–H and O–H groups in total. The molecule has 0 spiro atoms. The molecule has 0 saturated heterocycles. The standard InChI is InChI=1S/C16H27N/c1-4-9-15(10-5-2)16(17-3)13-14-11-7-6-8-12-14/h6-8,11-12,15-17H,4-5,9-10,13H2,1-3H3. The Bertz CT molecular complexity index is 275. The van der Waals surface area contributed by atoms with Crippen LogP contribution in [0.25, 0.3) is 0 Å². The fourth-order valence-corrected chi connectivity index (χ4v) is 2.66. The highest BCUT2D eigenvalue weighted by molar-refractivity contribution is 5.16. The molecule has 0 aliphatic rings. The van der Waals surface area contributed by atoms with Crippen LogP contribution in [-0.4, -0.2) is 13.1 Å². The van der Waals surface area contributed by atoms with Crippen molar-refractivity contribution in [2.75, 3.05) is 7.05 Å². The second-order valence-corrected chi connectivity index (χ2v) is 4.92. The Morgan fingerprint density at radius 3 is 2.06 bits per heavy atom. The van der Waals surface area contributed by atoms with Crippen molar-refractivity contribution in [3.8, 4) is 0 Å². The first-order valence-electron chi connectivity index (χ1n) is 7.03. The van der Waals surface area contributed by atoms with Gasteiger partial charge in [0.15, 0.2) is 0 Å². The van der Waals surface area contributed by atoms with E-state index in [-0.39, 0.29) is 0 Å². The molecule has 0 amide bonds. The molecule has 0 aliphatic heterocycles. The summed E-state index contributed by atoms with van der Waals surface area (Å²) in [6.45, 7) is 4.58. The highest BCUT2D eigenvalue weighted by atomic mass is 14.9. The van der Waals surface area contributed by atoms with Gasteiger partial charge in [0.05, 0.1) is 0 Å². The number of rotatable bonds is 8. The minimum atomic E-state index is 0.622. The predicted octanol–water partition coefficient (Wildman–Crippen LogP) is 4.03. The molecule has 1 heteroatoms. The molecule has 0 aliphatic carbocycles. The summed E-state index contributed by atoms with van der Waals surface area (Å²) >= 11 is 0. The van der Waals surface area contributed by atoms with Gasteiger partial charge >= 0.3 is 0 Å². The van der Waals surface area contributed by atoms with E-state index >= 15 is 0 Å². The molecule has 1 rings (SSSR count). The van der Waals surface area contributed by atoms with Crippen LogP contribution < -0.4 is 5.32 Å². The first-order valence-corrected chi connectivity index (χ1v) is 7.03. The highest BCUT2D eigenvalue weighted by Gasteiger charge is 2.18. The quantitative estimate of drug-likeness (QED) is 0.714. The van der Waals surface area contributed by atoms with Gasteiger partial charge in [-0.05, 0) is 37.8 Å². The third-order valence-corrected chi connectivity index (χ3v) is 3.56. The Labute approximate surface area is 107 Å². The van der Waals surface area contributed by atoms with Crippen molar-refractivity contribution < 1.29 is 0 Å². The van der Waals surface area contributed by atoms with E-state index < -0.39 is 0 Å². The maximum atomic E-state index is 3.52. The fourth-order valence-electron chi connectivity index (χ4n) is 2.66. The van der Waals surface area contributed by atoms with Gasteiger partial charge < -0.3 is 5.32 Å². The van der Waals surface area contributed by atoms with Crippen molar-refractivity contribution >= 4 is 0 Å². The molecule has 0 heterocycles. The van der Waals surface area contributed by atoms with Crippen LogP contribution in [0.5, 0.6) is 0 Å². The maximum Gasteiger partial charge on any atom is 0.0133 e. The summed E-state index contributed by atoms with van der Waals surface area (Å²) < 4.78 is 0. The Morgan fingerprint density at radius 2 is 1.59 bits per heavy atom. The lowest BCUT2D eigenvalue weighted by Crippen LogP contribution is -2.35. The minimum Gasteiger partial charge on any atom is -0.316 e. The average molecular weight is 233 g/mol. The molecule has 1 aromatic carbocycles. The maximum absolute atomic E-state index is 3.52. The van der Waals surface area contributed by atoms with Crippen LogP contribution >= 0.6 is 0 Å². The van der Waals surface area contributed by atoms with E-state index in [1.54, 1.807) is 0 Å².